The molecule has 2 unspecified atom stereocenters. The van der Waals surface area contributed by atoms with Gasteiger partial charge >= 0.3 is 11.9 Å². The van der Waals surface area contributed by atoms with Crippen molar-refractivity contribution in [1.29, 1.82) is 0 Å². The number of benzene rings is 3. The van der Waals surface area contributed by atoms with Gasteiger partial charge in [0.05, 0.1) is 50.1 Å². The normalized spacial score (nSPS) is 16.6. The summed E-state index contributed by atoms with van der Waals surface area (Å²) in [6, 6.07) is 16.1. The molecular weight excluding hydrogens is 811 g/mol. The molecular formula is C45H57N9O9. The predicted molar refractivity (Wildman–Crippen MR) is 243 cm³/mol. The standard InChI is InChI=1S/C16H20N4O5.C16H21N3O3.C13H16N2O/c1-18-9-10(8-11(17)16(21)22)14-12(19-4-6-25-7-5-19)2-3-13(15(14)18)20(23)24;1-18-10-11(9-12(17)16(20)21)15-13(18)3-2-4-14(15)19-5-7-22-8-6-19;1-14-6-5-11-12(14)3-2-4-13(11)15-7-9-16-10-8-15/h2-3,9,11H,4-8,17H2,1H3,(H,21,22);2-4,10,12H,5-9,17H2,1H3,(H,20,21);2-6H,7-10H2,1H3. The summed E-state index contributed by atoms with van der Waals surface area (Å²) < 4.78 is 22.1. The van der Waals surface area contributed by atoms with Crippen LogP contribution < -0.4 is 26.2 Å². The van der Waals surface area contributed by atoms with Crippen LogP contribution >= 0.6 is 0 Å². The van der Waals surface area contributed by atoms with E-state index >= 15 is 0 Å². The molecule has 2 atom stereocenters. The van der Waals surface area contributed by atoms with E-state index in [0.717, 1.165) is 67.2 Å². The first kappa shape index (κ1) is 44.9. The van der Waals surface area contributed by atoms with Crippen LogP contribution in [0.15, 0.2) is 73.2 Å². The van der Waals surface area contributed by atoms with Crippen LogP contribution in [-0.2, 0) is 57.8 Å². The van der Waals surface area contributed by atoms with Gasteiger partial charge in [-0.2, -0.15) is 0 Å². The van der Waals surface area contributed by atoms with Crippen LogP contribution in [-0.4, -0.2) is 132 Å². The average Bonchev–Trinajstić information content (AvgIpc) is 3.95. The number of aliphatic carboxylic acids is 2. The number of carbonyl (C=O) groups is 2. The Morgan fingerprint density at radius 2 is 1.10 bits per heavy atom. The third-order valence-electron chi connectivity index (χ3n) is 11.9. The summed E-state index contributed by atoms with van der Waals surface area (Å²) >= 11 is 0. The molecule has 3 fully saturated rings. The summed E-state index contributed by atoms with van der Waals surface area (Å²) in [5.74, 6) is -2.07. The maximum atomic E-state index is 11.4. The number of rotatable bonds is 10. The van der Waals surface area contributed by atoms with Gasteiger partial charge in [0, 0.05) is 137 Å². The molecule has 336 valence electrons. The molecule has 6 aromatic rings. The minimum atomic E-state index is -1.10. The van der Waals surface area contributed by atoms with Crippen LogP contribution in [0.4, 0.5) is 22.7 Å². The van der Waals surface area contributed by atoms with E-state index in [0.29, 0.717) is 62.4 Å². The number of non-ortho nitro benzene ring substituents is 1. The van der Waals surface area contributed by atoms with Crippen molar-refractivity contribution in [3.8, 4) is 0 Å². The molecule has 0 spiro atoms. The number of aromatic nitrogens is 3. The van der Waals surface area contributed by atoms with Gasteiger partial charge in [-0.15, -0.1) is 0 Å². The highest BCUT2D eigenvalue weighted by Gasteiger charge is 2.27. The summed E-state index contributed by atoms with van der Waals surface area (Å²) in [5.41, 5.74) is 19.3. The molecule has 18 heteroatoms. The van der Waals surface area contributed by atoms with Crippen LogP contribution in [0.2, 0.25) is 0 Å². The zero-order valence-electron chi connectivity index (χ0n) is 36.0. The van der Waals surface area contributed by atoms with Crippen molar-refractivity contribution in [2.75, 3.05) is 93.6 Å². The molecule has 0 amide bonds. The monoisotopic (exact) mass is 867 g/mol. The van der Waals surface area contributed by atoms with Gasteiger partial charge in [-0.3, -0.25) is 19.7 Å². The van der Waals surface area contributed by atoms with Crippen LogP contribution in [0.3, 0.4) is 0 Å². The summed E-state index contributed by atoms with van der Waals surface area (Å²) in [4.78, 5) is 40.0. The largest absolute Gasteiger partial charge is 0.480 e. The summed E-state index contributed by atoms with van der Waals surface area (Å²) in [6.07, 6.45) is 6.26. The molecule has 3 aromatic carbocycles. The Kier molecular flexibility index (Phi) is 14.2. The van der Waals surface area contributed by atoms with Crippen LogP contribution in [0.5, 0.6) is 0 Å². The number of nitrogens with two attached hydrogens (primary N) is 2. The average molecular weight is 868 g/mol. The number of carboxylic acids is 2. The van der Waals surface area contributed by atoms with Crippen molar-refractivity contribution in [2.24, 2.45) is 32.6 Å². The molecule has 0 bridgehead atoms. The number of carboxylic acid groups (broad SMARTS) is 2. The van der Waals surface area contributed by atoms with E-state index in [-0.39, 0.29) is 12.1 Å². The molecule has 9 rings (SSSR count). The zero-order chi connectivity index (χ0) is 44.8. The predicted octanol–water partition coefficient (Wildman–Crippen LogP) is 3.86. The van der Waals surface area contributed by atoms with E-state index in [1.165, 1.54) is 22.7 Å². The first-order valence-electron chi connectivity index (χ1n) is 21.1. The fraction of sp³-hybridized carbons (Fsp3) is 0.422. The van der Waals surface area contributed by atoms with Gasteiger partial charge in [0.25, 0.3) is 5.69 Å². The van der Waals surface area contributed by atoms with E-state index in [1.54, 1.807) is 23.9 Å². The SMILES string of the molecule is Cn1cc(CC(N)C(=O)O)c2c(N3CCOCC3)ccc([N+](=O)[O-])c21.Cn1cc(CC(N)C(=O)O)c2c(N3CCOCC3)cccc21.Cn1ccc2c(N3CCOCC3)cccc21. The Hall–Kier alpha value is -6.18. The third kappa shape index (κ3) is 9.90. The number of morpholine rings is 3. The molecule has 3 aliphatic heterocycles. The van der Waals surface area contributed by atoms with Crippen LogP contribution in [0.25, 0.3) is 32.7 Å². The number of hydrogen-bond acceptors (Lipinski definition) is 12. The first-order chi connectivity index (χ1) is 30.3. The highest BCUT2D eigenvalue weighted by molar-refractivity contribution is 6.01. The number of ether oxygens (including phenoxy) is 3. The van der Waals surface area contributed by atoms with Crippen molar-refractivity contribution in [3.63, 3.8) is 0 Å². The lowest BCUT2D eigenvalue weighted by Crippen LogP contribution is -2.36. The molecule has 0 saturated carbocycles. The topological polar surface area (TPSA) is 222 Å². The van der Waals surface area contributed by atoms with Crippen LogP contribution in [0, 0.1) is 10.1 Å². The van der Waals surface area contributed by atoms with Gasteiger partial charge in [0.1, 0.15) is 17.6 Å². The molecule has 3 aliphatic rings. The number of nitrogens with zero attached hydrogens (tertiary/aromatic N) is 7. The lowest BCUT2D eigenvalue weighted by molar-refractivity contribution is -0.383. The smallest absolute Gasteiger partial charge is 0.320 e. The molecule has 18 nitrogen and oxygen atoms in total. The van der Waals surface area contributed by atoms with Gasteiger partial charge in [0.15, 0.2) is 0 Å². The number of anilines is 3. The van der Waals surface area contributed by atoms with Gasteiger partial charge < -0.3 is 64.3 Å². The molecule has 0 radical (unpaired) electrons. The molecule has 6 heterocycles. The highest BCUT2D eigenvalue weighted by Crippen LogP contribution is 2.38. The molecule has 3 saturated heterocycles. The van der Waals surface area contributed by atoms with Crippen LogP contribution in [0.1, 0.15) is 11.1 Å². The fourth-order valence-electron chi connectivity index (χ4n) is 8.73. The highest BCUT2D eigenvalue weighted by atomic mass is 16.6. The van der Waals surface area contributed by atoms with E-state index < -0.39 is 28.9 Å². The Bertz CT molecular complexity index is 2570. The second-order valence-electron chi connectivity index (χ2n) is 16.0. The van der Waals surface area contributed by atoms with Crippen molar-refractivity contribution in [3.05, 3.63) is 94.4 Å². The Labute approximate surface area is 364 Å². The van der Waals surface area contributed by atoms with Crippen molar-refractivity contribution in [1.82, 2.24) is 13.7 Å². The number of nitro benzene ring substituents is 1. The van der Waals surface area contributed by atoms with Crippen molar-refractivity contribution >= 4 is 67.4 Å². The van der Waals surface area contributed by atoms with E-state index in [2.05, 4.69) is 68.9 Å². The van der Waals surface area contributed by atoms with Gasteiger partial charge in [-0.05, 0) is 47.5 Å². The second kappa shape index (κ2) is 19.9. The minimum absolute atomic E-state index is 0.00958. The van der Waals surface area contributed by atoms with Crippen molar-refractivity contribution < 1.29 is 38.9 Å². The number of aryl methyl sites for hydroxylation is 3. The second-order valence-corrected chi connectivity index (χ2v) is 16.0. The van der Waals surface area contributed by atoms with Gasteiger partial charge in [0.2, 0.25) is 0 Å². The van der Waals surface area contributed by atoms with E-state index in [9.17, 15) is 19.7 Å². The lowest BCUT2D eigenvalue weighted by Gasteiger charge is -2.29. The summed E-state index contributed by atoms with van der Waals surface area (Å²) in [7, 11) is 5.78. The Morgan fingerprint density at radius 3 is 1.62 bits per heavy atom. The summed E-state index contributed by atoms with van der Waals surface area (Å²) in [5, 5.41) is 32.8. The molecule has 6 N–H and O–H groups in total. The maximum Gasteiger partial charge on any atom is 0.320 e. The van der Waals surface area contributed by atoms with Gasteiger partial charge in [-0.25, -0.2) is 0 Å². The third-order valence-corrected chi connectivity index (χ3v) is 11.9. The molecule has 0 aliphatic carbocycles. The molecule has 63 heavy (non-hydrogen) atoms. The maximum absolute atomic E-state index is 11.4. The summed E-state index contributed by atoms with van der Waals surface area (Å²) in [6.45, 7) is 9.29. The van der Waals surface area contributed by atoms with Crippen molar-refractivity contribution in [2.45, 2.75) is 24.9 Å². The van der Waals surface area contributed by atoms with E-state index in [4.69, 9.17) is 35.9 Å². The zero-order valence-corrected chi connectivity index (χ0v) is 36.0. The minimum Gasteiger partial charge on any atom is -0.480 e. The first-order valence-corrected chi connectivity index (χ1v) is 21.1. The number of hydrogen-bond donors (Lipinski definition) is 4. The fourth-order valence-corrected chi connectivity index (χ4v) is 8.73. The Morgan fingerprint density at radius 1 is 0.635 bits per heavy atom. The van der Waals surface area contributed by atoms with Gasteiger partial charge in [-0.1, -0.05) is 12.1 Å². The Balaban J connectivity index is 0.000000145. The number of nitro groups is 1. The lowest BCUT2D eigenvalue weighted by atomic mass is 10.0. The quantitative estimate of drug-likeness (QED) is 0.114. The number of fused-ring (bicyclic) bond motifs is 3. The van der Waals surface area contributed by atoms with E-state index in [1.807, 2.05) is 23.9 Å². The molecule has 3 aromatic heterocycles.